The van der Waals surface area contributed by atoms with E-state index in [0.717, 1.165) is 19.5 Å². The van der Waals surface area contributed by atoms with E-state index in [1.807, 2.05) is 0 Å². The summed E-state index contributed by atoms with van der Waals surface area (Å²) in [4.78, 5) is 0. The molecule has 0 radical (unpaired) electrons. The maximum absolute atomic E-state index is 6.15. The van der Waals surface area contributed by atoms with Crippen LogP contribution in [0.15, 0.2) is 12.2 Å². The molecule has 2 nitrogen and oxygen atoms in total. The first-order chi connectivity index (χ1) is 9.83. The van der Waals surface area contributed by atoms with Gasteiger partial charge in [-0.1, -0.05) is 69.9 Å². The molecule has 0 spiro atoms. The van der Waals surface area contributed by atoms with Crippen molar-refractivity contribution in [1.29, 1.82) is 0 Å². The van der Waals surface area contributed by atoms with Gasteiger partial charge < -0.3 is 11.1 Å². The first-order valence-electron chi connectivity index (χ1n) is 8.89. The standard InChI is InChI=1S/C18H36N2/c1-2-3-13-16-20-18(17-19)14-11-9-7-5-4-6-8-10-12-15-18/h2-3,20H,4-17,19H2,1H3/b3-2+. The zero-order valence-corrected chi connectivity index (χ0v) is 13.6. The lowest BCUT2D eigenvalue weighted by atomic mass is 9.85. The minimum atomic E-state index is 0.209. The van der Waals surface area contributed by atoms with E-state index in [2.05, 4.69) is 24.4 Å². The number of allylic oxidation sites excluding steroid dienone is 1. The van der Waals surface area contributed by atoms with Crippen LogP contribution in [0.25, 0.3) is 0 Å². The molecule has 1 saturated carbocycles. The van der Waals surface area contributed by atoms with Crippen LogP contribution in [0.1, 0.15) is 84.0 Å². The summed E-state index contributed by atoms with van der Waals surface area (Å²) in [6, 6.07) is 0. The fourth-order valence-corrected chi connectivity index (χ4v) is 3.33. The summed E-state index contributed by atoms with van der Waals surface area (Å²) in [6.07, 6.45) is 20.6. The molecule has 1 aliphatic rings. The molecule has 2 heteroatoms. The Bertz CT molecular complexity index is 236. The normalized spacial score (nSPS) is 22.3. The summed E-state index contributed by atoms with van der Waals surface area (Å²) in [6.45, 7) is 3.96. The average molecular weight is 280 g/mol. The maximum Gasteiger partial charge on any atom is 0.0304 e. The number of nitrogens with two attached hydrogens (primary N) is 1. The Morgan fingerprint density at radius 2 is 1.40 bits per heavy atom. The van der Waals surface area contributed by atoms with E-state index in [4.69, 9.17) is 5.73 Å². The highest BCUT2D eigenvalue weighted by atomic mass is 15.0. The second-order valence-electron chi connectivity index (χ2n) is 6.45. The summed E-state index contributed by atoms with van der Waals surface area (Å²) in [5.41, 5.74) is 6.36. The third-order valence-corrected chi connectivity index (χ3v) is 4.75. The summed E-state index contributed by atoms with van der Waals surface area (Å²) in [5, 5.41) is 3.80. The van der Waals surface area contributed by atoms with Crippen molar-refractivity contribution in [3.05, 3.63) is 12.2 Å². The maximum atomic E-state index is 6.15. The number of hydrogen-bond acceptors (Lipinski definition) is 2. The van der Waals surface area contributed by atoms with Crippen LogP contribution in [0.5, 0.6) is 0 Å². The molecular weight excluding hydrogens is 244 g/mol. The van der Waals surface area contributed by atoms with Gasteiger partial charge in [-0.3, -0.25) is 0 Å². The van der Waals surface area contributed by atoms with Crippen LogP contribution >= 0.6 is 0 Å². The second-order valence-corrected chi connectivity index (χ2v) is 6.45. The molecule has 1 aliphatic carbocycles. The van der Waals surface area contributed by atoms with Crippen LogP contribution in [0.4, 0.5) is 0 Å². The Kier molecular flexibility index (Phi) is 10.0. The van der Waals surface area contributed by atoms with Gasteiger partial charge in [0.05, 0.1) is 0 Å². The van der Waals surface area contributed by atoms with Crippen LogP contribution < -0.4 is 11.1 Å². The van der Waals surface area contributed by atoms with Gasteiger partial charge in [0, 0.05) is 12.1 Å². The molecule has 0 amide bonds. The third kappa shape index (κ3) is 7.44. The van der Waals surface area contributed by atoms with Crippen LogP contribution in [-0.2, 0) is 0 Å². The number of nitrogens with one attached hydrogen (secondary N) is 1. The lowest BCUT2D eigenvalue weighted by Gasteiger charge is -2.34. The smallest absolute Gasteiger partial charge is 0.0304 e. The quantitative estimate of drug-likeness (QED) is 0.573. The van der Waals surface area contributed by atoms with Crippen molar-refractivity contribution >= 4 is 0 Å². The number of hydrogen-bond donors (Lipinski definition) is 2. The van der Waals surface area contributed by atoms with Crippen molar-refractivity contribution < 1.29 is 0 Å². The molecule has 0 aromatic heterocycles. The summed E-state index contributed by atoms with van der Waals surface area (Å²) in [5.74, 6) is 0. The number of rotatable bonds is 5. The van der Waals surface area contributed by atoms with Gasteiger partial charge in [-0.25, -0.2) is 0 Å². The first-order valence-corrected chi connectivity index (χ1v) is 8.89. The van der Waals surface area contributed by atoms with Crippen LogP contribution in [-0.4, -0.2) is 18.6 Å². The molecule has 0 aliphatic heterocycles. The molecule has 0 heterocycles. The van der Waals surface area contributed by atoms with Gasteiger partial charge in [0.1, 0.15) is 0 Å². The summed E-state index contributed by atoms with van der Waals surface area (Å²) >= 11 is 0. The van der Waals surface area contributed by atoms with Crippen molar-refractivity contribution in [2.45, 2.75) is 89.5 Å². The molecule has 1 rings (SSSR count). The van der Waals surface area contributed by atoms with Crippen LogP contribution in [0, 0.1) is 0 Å². The van der Waals surface area contributed by atoms with Gasteiger partial charge in [-0.2, -0.15) is 0 Å². The van der Waals surface area contributed by atoms with Gasteiger partial charge in [-0.05, 0) is 32.7 Å². The predicted molar refractivity (Wildman–Crippen MR) is 90.0 cm³/mol. The highest BCUT2D eigenvalue weighted by molar-refractivity contribution is 4.90. The van der Waals surface area contributed by atoms with Gasteiger partial charge >= 0.3 is 0 Å². The monoisotopic (exact) mass is 280 g/mol. The molecule has 0 unspecified atom stereocenters. The molecule has 118 valence electrons. The Hall–Kier alpha value is -0.340. The fourth-order valence-electron chi connectivity index (χ4n) is 3.33. The van der Waals surface area contributed by atoms with E-state index >= 15 is 0 Å². The molecule has 1 fully saturated rings. The fraction of sp³-hybridized carbons (Fsp3) is 0.889. The van der Waals surface area contributed by atoms with Crippen LogP contribution in [0.2, 0.25) is 0 Å². The molecule has 20 heavy (non-hydrogen) atoms. The molecule has 0 saturated heterocycles. The predicted octanol–water partition coefficient (Wildman–Crippen LogP) is 4.54. The Balaban J connectivity index is 2.46. The van der Waals surface area contributed by atoms with E-state index < -0.39 is 0 Å². The van der Waals surface area contributed by atoms with E-state index in [-0.39, 0.29) is 5.54 Å². The van der Waals surface area contributed by atoms with Gasteiger partial charge in [0.15, 0.2) is 0 Å². The molecule has 0 bridgehead atoms. The minimum Gasteiger partial charge on any atom is -0.329 e. The third-order valence-electron chi connectivity index (χ3n) is 4.75. The zero-order valence-electron chi connectivity index (χ0n) is 13.6. The SMILES string of the molecule is C/C=C/CCNC1(CN)CCCCCCCCCCC1. The molecular formula is C18H36N2. The largest absolute Gasteiger partial charge is 0.329 e. The van der Waals surface area contributed by atoms with Gasteiger partial charge in [0.2, 0.25) is 0 Å². The molecule has 0 atom stereocenters. The van der Waals surface area contributed by atoms with Gasteiger partial charge in [0.25, 0.3) is 0 Å². The van der Waals surface area contributed by atoms with Crippen LogP contribution in [0.3, 0.4) is 0 Å². The zero-order chi connectivity index (χ0) is 14.5. The topological polar surface area (TPSA) is 38.0 Å². The molecule has 0 aromatic rings. The van der Waals surface area contributed by atoms with E-state index in [1.165, 1.54) is 70.6 Å². The van der Waals surface area contributed by atoms with Crippen molar-refractivity contribution in [1.82, 2.24) is 5.32 Å². The highest BCUT2D eigenvalue weighted by Crippen LogP contribution is 2.24. The van der Waals surface area contributed by atoms with Gasteiger partial charge in [-0.15, -0.1) is 0 Å². The average Bonchev–Trinajstić information content (AvgIpc) is 2.46. The van der Waals surface area contributed by atoms with Crippen molar-refractivity contribution in [2.75, 3.05) is 13.1 Å². The minimum absolute atomic E-state index is 0.209. The highest BCUT2D eigenvalue weighted by Gasteiger charge is 2.26. The molecule has 0 aromatic carbocycles. The van der Waals surface area contributed by atoms with Crippen molar-refractivity contribution in [3.8, 4) is 0 Å². The first kappa shape index (κ1) is 17.7. The summed E-state index contributed by atoms with van der Waals surface area (Å²) in [7, 11) is 0. The molecule has 3 N–H and O–H groups in total. The Morgan fingerprint density at radius 3 is 1.85 bits per heavy atom. The van der Waals surface area contributed by atoms with Crippen molar-refractivity contribution in [2.24, 2.45) is 5.73 Å². The lowest BCUT2D eigenvalue weighted by molar-refractivity contribution is 0.269. The van der Waals surface area contributed by atoms with E-state index in [0.29, 0.717) is 0 Å². The van der Waals surface area contributed by atoms with Crippen molar-refractivity contribution in [3.63, 3.8) is 0 Å². The Labute approximate surface area is 126 Å². The lowest BCUT2D eigenvalue weighted by Crippen LogP contribution is -2.51. The Morgan fingerprint density at radius 1 is 0.900 bits per heavy atom. The summed E-state index contributed by atoms with van der Waals surface area (Å²) < 4.78 is 0. The second kappa shape index (κ2) is 11.3. The van der Waals surface area contributed by atoms with E-state index in [1.54, 1.807) is 0 Å². The van der Waals surface area contributed by atoms with E-state index in [9.17, 15) is 0 Å².